The second-order valence-electron chi connectivity index (χ2n) is 6.31. The topological polar surface area (TPSA) is 82.8 Å². The Hall–Kier alpha value is -2.13. The molecule has 0 radical (unpaired) electrons. The predicted octanol–water partition coefficient (Wildman–Crippen LogP) is 1.55. The number of amides is 2. The molecule has 0 bridgehead atoms. The number of aryl methyl sites for hydroxylation is 1. The van der Waals surface area contributed by atoms with Crippen molar-refractivity contribution in [1.82, 2.24) is 14.4 Å². The van der Waals surface area contributed by atoms with E-state index in [-0.39, 0.29) is 18.4 Å². The number of thiocarbonyl (C=S) groups is 1. The maximum Gasteiger partial charge on any atom is 0.306 e. The van der Waals surface area contributed by atoms with E-state index >= 15 is 0 Å². The summed E-state index contributed by atoms with van der Waals surface area (Å²) in [4.78, 5) is 39.5. The highest BCUT2D eigenvalue weighted by Crippen LogP contribution is 2.32. The lowest BCUT2D eigenvalue weighted by Crippen LogP contribution is -2.46. The Morgan fingerprint density at radius 2 is 2.08 bits per heavy atom. The van der Waals surface area contributed by atoms with Crippen molar-refractivity contribution in [3.05, 3.63) is 28.9 Å². The van der Waals surface area contributed by atoms with Gasteiger partial charge in [-0.25, -0.2) is 0 Å². The van der Waals surface area contributed by atoms with E-state index in [9.17, 15) is 14.4 Å². The molecule has 0 spiro atoms. The van der Waals surface area contributed by atoms with E-state index in [1.807, 2.05) is 29.9 Å². The number of aromatic nitrogens is 1. The van der Waals surface area contributed by atoms with Gasteiger partial charge in [-0.3, -0.25) is 19.3 Å². The lowest BCUT2D eigenvalue weighted by Gasteiger charge is -2.31. The van der Waals surface area contributed by atoms with Crippen LogP contribution in [0, 0.1) is 5.92 Å². The molecule has 9 heteroatoms. The smallest absolute Gasteiger partial charge is 0.306 e. The van der Waals surface area contributed by atoms with Crippen LogP contribution >= 0.6 is 24.0 Å². The average Bonchev–Trinajstić information content (AvgIpc) is 3.13. The number of carboxylic acids is 1. The highest BCUT2D eigenvalue weighted by Gasteiger charge is 2.35. The second-order valence-corrected chi connectivity index (χ2v) is 7.98. The fraction of sp³-hybridized carbons (Fsp3) is 0.412. The van der Waals surface area contributed by atoms with Gasteiger partial charge in [0.25, 0.3) is 5.91 Å². The van der Waals surface area contributed by atoms with Crippen molar-refractivity contribution in [3.63, 3.8) is 0 Å². The number of carbonyl (C=O) groups is 3. The molecular formula is C17H19N3O4S2. The summed E-state index contributed by atoms with van der Waals surface area (Å²) >= 11 is 6.46. The number of hydrogen-bond acceptors (Lipinski definition) is 5. The maximum atomic E-state index is 12.6. The Kier molecular flexibility index (Phi) is 5.47. The number of piperidine rings is 1. The summed E-state index contributed by atoms with van der Waals surface area (Å²) in [6.07, 6.45) is 4.53. The number of carbonyl (C=O) groups excluding carboxylic acids is 2. The Labute approximate surface area is 160 Å². The van der Waals surface area contributed by atoms with Crippen molar-refractivity contribution in [1.29, 1.82) is 0 Å². The molecule has 3 heterocycles. The SMILES string of the molecule is Cn1cccc1C=C1SC(=S)N(CC(=O)N2CCC(C(=O)O)CC2)C1=O. The minimum Gasteiger partial charge on any atom is -0.481 e. The lowest BCUT2D eigenvalue weighted by atomic mass is 9.97. The third-order valence-electron chi connectivity index (χ3n) is 4.63. The molecule has 2 saturated heterocycles. The number of aliphatic carboxylic acids is 1. The third kappa shape index (κ3) is 3.83. The molecule has 2 amide bonds. The van der Waals surface area contributed by atoms with Crippen LogP contribution in [-0.2, 0) is 21.4 Å². The van der Waals surface area contributed by atoms with Crippen LogP contribution in [0.1, 0.15) is 18.5 Å². The minimum atomic E-state index is -0.820. The number of thioether (sulfide) groups is 1. The fourth-order valence-corrected chi connectivity index (χ4v) is 4.25. The Morgan fingerprint density at radius 3 is 2.65 bits per heavy atom. The molecule has 0 unspecified atom stereocenters. The van der Waals surface area contributed by atoms with E-state index in [1.165, 1.54) is 16.7 Å². The van der Waals surface area contributed by atoms with Crippen LogP contribution in [0.2, 0.25) is 0 Å². The number of carboxylic acid groups (broad SMARTS) is 1. The number of likely N-dealkylation sites (tertiary alicyclic amines) is 1. The Bertz CT molecular complexity index is 794. The molecule has 2 fully saturated rings. The minimum absolute atomic E-state index is 0.104. The van der Waals surface area contributed by atoms with Crippen molar-refractivity contribution in [2.75, 3.05) is 19.6 Å². The van der Waals surface area contributed by atoms with E-state index in [2.05, 4.69) is 0 Å². The summed E-state index contributed by atoms with van der Waals surface area (Å²) in [7, 11) is 1.89. The van der Waals surface area contributed by atoms with E-state index in [1.54, 1.807) is 11.0 Å². The van der Waals surface area contributed by atoms with Gasteiger partial charge < -0.3 is 14.6 Å². The van der Waals surface area contributed by atoms with Gasteiger partial charge in [0.15, 0.2) is 0 Å². The molecule has 7 nitrogen and oxygen atoms in total. The van der Waals surface area contributed by atoms with Crippen molar-refractivity contribution in [3.8, 4) is 0 Å². The zero-order valence-corrected chi connectivity index (χ0v) is 15.9. The zero-order chi connectivity index (χ0) is 18.8. The van der Waals surface area contributed by atoms with Gasteiger partial charge in [-0.15, -0.1) is 0 Å². The van der Waals surface area contributed by atoms with Gasteiger partial charge in [0.1, 0.15) is 10.9 Å². The zero-order valence-electron chi connectivity index (χ0n) is 14.3. The summed E-state index contributed by atoms with van der Waals surface area (Å²) in [5, 5.41) is 9.03. The van der Waals surface area contributed by atoms with Crippen LogP contribution in [0.15, 0.2) is 23.2 Å². The first kappa shape index (κ1) is 18.7. The van der Waals surface area contributed by atoms with Gasteiger partial charge in [0.05, 0.1) is 10.8 Å². The molecule has 2 aliphatic rings. The van der Waals surface area contributed by atoms with Crippen molar-refractivity contribution >= 4 is 52.2 Å². The van der Waals surface area contributed by atoms with E-state index in [0.29, 0.717) is 35.2 Å². The highest BCUT2D eigenvalue weighted by molar-refractivity contribution is 8.26. The van der Waals surface area contributed by atoms with E-state index < -0.39 is 11.9 Å². The molecule has 2 aliphatic heterocycles. The number of rotatable bonds is 4. The van der Waals surface area contributed by atoms with Crippen molar-refractivity contribution in [2.45, 2.75) is 12.8 Å². The largest absolute Gasteiger partial charge is 0.481 e. The molecule has 138 valence electrons. The summed E-state index contributed by atoms with van der Waals surface area (Å²) in [6.45, 7) is 0.681. The molecule has 1 aromatic heterocycles. The maximum absolute atomic E-state index is 12.6. The fourth-order valence-electron chi connectivity index (χ4n) is 3.01. The highest BCUT2D eigenvalue weighted by atomic mass is 32.2. The third-order valence-corrected chi connectivity index (χ3v) is 6.00. The molecule has 26 heavy (non-hydrogen) atoms. The average molecular weight is 393 g/mol. The van der Waals surface area contributed by atoms with E-state index in [0.717, 1.165) is 5.69 Å². The molecule has 0 aromatic carbocycles. The molecule has 1 N–H and O–H groups in total. The van der Waals surface area contributed by atoms with Gasteiger partial charge in [-0.05, 0) is 31.1 Å². The van der Waals surface area contributed by atoms with Crippen LogP contribution in [-0.4, -0.2) is 61.2 Å². The summed E-state index contributed by atoms with van der Waals surface area (Å²) in [6, 6.07) is 3.78. The standard InChI is InChI=1S/C17H19N3O4S2/c1-18-6-2-3-12(18)9-13-15(22)20(17(25)26-13)10-14(21)19-7-4-11(5-8-19)16(23)24/h2-3,6,9,11H,4-5,7-8,10H2,1H3,(H,23,24). The van der Waals surface area contributed by atoms with Gasteiger partial charge in [0, 0.05) is 32.0 Å². The molecule has 1 aromatic rings. The molecule has 3 rings (SSSR count). The first-order chi connectivity index (χ1) is 12.4. The van der Waals surface area contributed by atoms with Crippen LogP contribution in [0.4, 0.5) is 0 Å². The van der Waals surface area contributed by atoms with Gasteiger partial charge >= 0.3 is 5.97 Å². The summed E-state index contributed by atoms with van der Waals surface area (Å²) < 4.78 is 2.26. The normalized spacial score (nSPS) is 20.3. The lowest BCUT2D eigenvalue weighted by molar-refractivity contribution is -0.146. The predicted molar refractivity (Wildman–Crippen MR) is 102 cm³/mol. The first-order valence-electron chi connectivity index (χ1n) is 8.24. The van der Waals surface area contributed by atoms with Crippen LogP contribution < -0.4 is 0 Å². The quantitative estimate of drug-likeness (QED) is 0.617. The molecule has 0 aliphatic carbocycles. The van der Waals surface area contributed by atoms with Gasteiger partial charge in [-0.1, -0.05) is 24.0 Å². The molecule has 0 saturated carbocycles. The number of hydrogen-bond donors (Lipinski definition) is 1. The summed E-state index contributed by atoms with van der Waals surface area (Å²) in [5.74, 6) is -1.69. The van der Waals surface area contributed by atoms with Crippen LogP contribution in [0.25, 0.3) is 6.08 Å². The Morgan fingerprint density at radius 1 is 1.38 bits per heavy atom. The first-order valence-corrected chi connectivity index (χ1v) is 9.46. The van der Waals surface area contributed by atoms with Crippen LogP contribution in [0.5, 0.6) is 0 Å². The number of nitrogens with zero attached hydrogens (tertiary/aromatic N) is 3. The van der Waals surface area contributed by atoms with Gasteiger partial charge in [-0.2, -0.15) is 0 Å². The van der Waals surface area contributed by atoms with Crippen LogP contribution in [0.3, 0.4) is 0 Å². The van der Waals surface area contributed by atoms with E-state index in [4.69, 9.17) is 17.3 Å². The second kappa shape index (κ2) is 7.63. The van der Waals surface area contributed by atoms with Gasteiger partial charge in [0.2, 0.25) is 5.91 Å². The molecular weight excluding hydrogens is 374 g/mol. The monoisotopic (exact) mass is 393 g/mol. The summed E-state index contributed by atoms with van der Waals surface area (Å²) in [5.41, 5.74) is 0.882. The van der Waals surface area contributed by atoms with Crippen molar-refractivity contribution < 1.29 is 19.5 Å². The molecule has 0 atom stereocenters. The van der Waals surface area contributed by atoms with Crippen molar-refractivity contribution in [2.24, 2.45) is 13.0 Å². The Balaban J connectivity index is 1.63.